The standard InChI is InChI=1S/C14H18O2/c1-4-5-12(9-14(15)16)13-8-10(2)6-7-11(13)3/h6-9H,4-5H2,1-3H3,(H,15,16)/b12-9+. The van der Waals surface area contributed by atoms with Gasteiger partial charge in [0.25, 0.3) is 0 Å². The highest BCUT2D eigenvalue weighted by Crippen LogP contribution is 2.24. The average molecular weight is 218 g/mol. The number of hydrogen-bond donors (Lipinski definition) is 1. The molecule has 0 aliphatic rings. The van der Waals surface area contributed by atoms with Gasteiger partial charge in [0.2, 0.25) is 0 Å². The van der Waals surface area contributed by atoms with Gasteiger partial charge >= 0.3 is 5.97 Å². The van der Waals surface area contributed by atoms with E-state index < -0.39 is 5.97 Å². The Morgan fingerprint density at radius 2 is 2.06 bits per heavy atom. The maximum absolute atomic E-state index is 10.8. The van der Waals surface area contributed by atoms with E-state index in [4.69, 9.17) is 5.11 Å². The molecule has 0 spiro atoms. The van der Waals surface area contributed by atoms with Crippen molar-refractivity contribution in [1.29, 1.82) is 0 Å². The van der Waals surface area contributed by atoms with Crippen molar-refractivity contribution in [2.24, 2.45) is 0 Å². The molecule has 86 valence electrons. The van der Waals surface area contributed by atoms with Crippen molar-refractivity contribution in [2.45, 2.75) is 33.6 Å². The Balaban J connectivity index is 3.20. The van der Waals surface area contributed by atoms with Crippen molar-refractivity contribution in [1.82, 2.24) is 0 Å². The summed E-state index contributed by atoms with van der Waals surface area (Å²) < 4.78 is 0. The molecule has 2 nitrogen and oxygen atoms in total. The minimum absolute atomic E-state index is 0.802. The van der Waals surface area contributed by atoms with Gasteiger partial charge in [0, 0.05) is 6.08 Å². The van der Waals surface area contributed by atoms with E-state index in [0.717, 1.165) is 35.1 Å². The van der Waals surface area contributed by atoms with Crippen LogP contribution < -0.4 is 0 Å². The summed E-state index contributed by atoms with van der Waals surface area (Å²) in [5.41, 5.74) is 4.26. The molecule has 0 aromatic heterocycles. The summed E-state index contributed by atoms with van der Waals surface area (Å²) in [6.45, 7) is 6.09. The summed E-state index contributed by atoms with van der Waals surface area (Å²) >= 11 is 0. The molecule has 0 bridgehead atoms. The zero-order valence-corrected chi connectivity index (χ0v) is 10.1. The molecule has 0 unspecified atom stereocenters. The molecule has 0 aliphatic carbocycles. The van der Waals surface area contributed by atoms with Crippen LogP contribution in [-0.4, -0.2) is 11.1 Å². The number of allylic oxidation sites excluding steroid dienone is 1. The maximum Gasteiger partial charge on any atom is 0.328 e. The fraction of sp³-hybridized carbons (Fsp3) is 0.357. The van der Waals surface area contributed by atoms with Crippen LogP contribution in [0.25, 0.3) is 5.57 Å². The third-order valence-corrected chi connectivity index (χ3v) is 2.56. The van der Waals surface area contributed by atoms with Crippen LogP contribution in [-0.2, 0) is 4.79 Å². The van der Waals surface area contributed by atoms with E-state index in [2.05, 4.69) is 13.0 Å². The van der Waals surface area contributed by atoms with Crippen LogP contribution in [0.15, 0.2) is 24.3 Å². The minimum Gasteiger partial charge on any atom is -0.478 e. The normalized spacial score (nSPS) is 11.6. The molecule has 0 heterocycles. The summed E-state index contributed by atoms with van der Waals surface area (Å²) in [6.07, 6.45) is 3.08. The molecule has 0 atom stereocenters. The van der Waals surface area contributed by atoms with Crippen molar-refractivity contribution in [3.8, 4) is 0 Å². The topological polar surface area (TPSA) is 37.3 Å². The predicted octanol–water partition coefficient (Wildman–Crippen LogP) is 3.57. The van der Waals surface area contributed by atoms with Gasteiger partial charge in [-0.15, -0.1) is 0 Å². The Labute approximate surface area is 96.6 Å². The lowest BCUT2D eigenvalue weighted by molar-refractivity contribution is -0.131. The number of aliphatic carboxylic acids is 1. The number of carboxylic acids is 1. The van der Waals surface area contributed by atoms with E-state index >= 15 is 0 Å². The third-order valence-electron chi connectivity index (χ3n) is 2.56. The Bertz CT molecular complexity index is 417. The molecule has 0 saturated heterocycles. The maximum atomic E-state index is 10.8. The van der Waals surface area contributed by atoms with Crippen LogP contribution in [0, 0.1) is 13.8 Å². The number of benzene rings is 1. The van der Waals surface area contributed by atoms with E-state index in [1.165, 1.54) is 6.08 Å². The third kappa shape index (κ3) is 3.23. The van der Waals surface area contributed by atoms with Crippen LogP contribution in [0.4, 0.5) is 0 Å². The molecule has 16 heavy (non-hydrogen) atoms. The first kappa shape index (κ1) is 12.5. The van der Waals surface area contributed by atoms with Crippen LogP contribution in [0.3, 0.4) is 0 Å². The van der Waals surface area contributed by atoms with Crippen LogP contribution in [0.5, 0.6) is 0 Å². The van der Waals surface area contributed by atoms with Gasteiger partial charge in [0.15, 0.2) is 0 Å². The molecular formula is C14H18O2. The Kier molecular flexibility index (Phi) is 4.29. The van der Waals surface area contributed by atoms with Gasteiger partial charge in [0.05, 0.1) is 0 Å². The number of carboxylic acid groups (broad SMARTS) is 1. The van der Waals surface area contributed by atoms with Crippen molar-refractivity contribution in [2.75, 3.05) is 0 Å². The SMILES string of the molecule is CCC/C(=C\C(=O)O)c1cc(C)ccc1C. The molecule has 0 radical (unpaired) electrons. The van der Waals surface area contributed by atoms with Crippen molar-refractivity contribution >= 4 is 11.5 Å². The lowest BCUT2D eigenvalue weighted by Gasteiger charge is -2.10. The molecule has 1 aromatic rings. The number of carbonyl (C=O) groups is 1. The van der Waals surface area contributed by atoms with Gasteiger partial charge < -0.3 is 5.11 Å². The Morgan fingerprint density at radius 1 is 1.38 bits per heavy atom. The van der Waals surface area contributed by atoms with Crippen molar-refractivity contribution in [3.63, 3.8) is 0 Å². The zero-order valence-electron chi connectivity index (χ0n) is 10.1. The van der Waals surface area contributed by atoms with Crippen LogP contribution in [0.1, 0.15) is 36.5 Å². The van der Waals surface area contributed by atoms with E-state index in [9.17, 15) is 4.79 Å². The zero-order chi connectivity index (χ0) is 12.1. The largest absolute Gasteiger partial charge is 0.478 e. The number of rotatable bonds is 4. The number of hydrogen-bond acceptors (Lipinski definition) is 1. The second-order valence-corrected chi connectivity index (χ2v) is 4.08. The summed E-state index contributed by atoms with van der Waals surface area (Å²) in [6, 6.07) is 6.14. The van der Waals surface area contributed by atoms with Gasteiger partial charge in [-0.05, 0) is 37.0 Å². The minimum atomic E-state index is -0.871. The van der Waals surface area contributed by atoms with Gasteiger partial charge in [-0.1, -0.05) is 37.1 Å². The fourth-order valence-electron chi connectivity index (χ4n) is 1.78. The van der Waals surface area contributed by atoms with Gasteiger partial charge in [-0.2, -0.15) is 0 Å². The Hall–Kier alpha value is -1.57. The summed E-state index contributed by atoms with van der Waals surface area (Å²) in [5, 5.41) is 8.86. The molecule has 1 rings (SSSR count). The van der Waals surface area contributed by atoms with E-state index in [1.807, 2.05) is 26.0 Å². The Morgan fingerprint density at radius 3 is 2.62 bits per heavy atom. The highest BCUT2D eigenvalue weighted by Gasteiger charge is 2.06. The highest BCUT2D eigenvalue weighted by molar-refractivity contribution is 5.90. The average Bonchev–Trinajstić information content (AvgIpc) is 2.20. The molecule has 0 amide bonds. The molecule has 0 aliphatic heterocycles. The lowest BCUT2D eigenvalue weighted by atomic mass is 9.95. The number of aryl methyl sites for hydroxylation is 2. The molecule has 1 aromatic carbocycles. The lowest BCUT2D eigenvalue weighted by Crippen LogP contribution is -1.95. The molecule has 0 fully saturated rings. The first-order chi connectivity index (χ1) is 7.54. The fourth-order valence-corrected chi connectivity index (χ4v) is 1.78. The van der Waals surface area contributed by atoms with Gasteiger partial charge in [-0.3, -0.25) is 0 Å². The molecular weight excluding hydrogens is 200 g/mol. The smallest absolute Gasteiger partial charge is 0.328 e. The summed E-state index contributed by atoms with van der Waals surface area (Å²) in [5.74, 6) is -0.871. The molecule has 1 N–H and O–H groups in total. The van der Waals surface area contributed by atoms with E-state index in [1.54, 1.807) is 0 Å². The summed E-state index contributed by atoms with van der Waals surface area (Å²) in [4.78, 5) is 10.8. The van der Waals surface area contributed by atoms with E-state index in [-0.39, 0.29) is 0 Å². The molecule has 2 heteroatoms. The predicted molar refractivity (Wildman–Crippen MR) is 66.4 cm³/mol. The van der Waals surface area contributed by atoms with Gasteiger partial charge in [0.1, 0.15) is 0 Å². The van der Waals surface area contributed by atoms with Crippen molar-refractivity contribution in [3.05, 3.63) is 41.0 Å². The van der Waals surface area contributed by atoms with E-state index in [0.29, 0.717) is 0 Å². The first-order valence-corrected chi connectivity index (χ1v) is 5.55. The summed E-state index contributed by atoms with van der Waals surface area (Å²) in [7, 11) is 0. The van der Waals surface area contributed by atoms with Gasteiger partial charge in [-0.25, -0.2) is 4.79 Å². The highest BCUT2D eigenvalue weighted by atomic mass is 16.4. The van der Waals surface area contributed by atoms with Crippen LogP contribution >= 0.6 is 0 Å². The quantitative estimate of drug-likeness (QED) is 0.784. The first-order valence-electron chi connectivity index (χ1n) is 5.55. The second-order valence-electron chi connectivity index (χ2n) is 4.08. The van der Waals surface area contributed by atoms with Crippen molar-refractivity contribution < 1.29 is 9.90 Å². The molecule has 0 saturated carbocycles. The second kappa shape index (κ2) is 5.50. The van der Waals surface area contributed by atoms with Crippen LogP contribution in [0.2, 0.25) is 0 Å². The monoisotopic (exact) mass is 218 g/mol.